The van der Waals surface area contributed by atoms with E-state index in [9.17, 15) is 4.79 Å². The van der Waals surface area contributed by atoms with Crippen LogP contribution in [0.2, 0.25) is 0 Å². The number of fused-ring (bicyclic) bond motifs is 2. The number of rotatable bonds is 6. The monoisotopic (exact) mass is 567 g/mol. The van der Waals surface area contributed by atoms with Gasteiger partial charge in [-0.2, -0.15) is 0 Å². The fourth-order valence-corrected chi connectivity index (χ4v) is 5.89. The van der Waals surface area contributed by atoms with E-state index >= 15 is 4.39 Å². The van der Waals surface area contributed by atoms with E-state index in [2.05, 4.69) is 34.1 Å². The highest BCUT2D eigenvalue weighted by Gasteiger charge is 2.38. The van der Waals surface area contributed by atoms with Crippen LogP contribution in [0.4, 0.5) is 15.9 Å². The van der Waals surface area contributed by atoms with Crippen molar-refractivity contribution in [1.29, 1.82) is 0 Å². The van der Waals surface area contributed by atoms with Crippen molar-refractivity contribution in [3.05, 3.63) is 72.2 Å². The Bertz CT molecular complexity index is 1820. The van der Waals surface area contributed by atoms with E-state index in [1.54, 1.807) is 25.4 Å². The predicted octanol–water partition coefficient (Wildman–Crippen LogP) is 6.79. The van der Waals surface area contributed by atoms with Crippen LogP contribution in [0.25, 0.3) is 22.1 Å². The summed E-state index contributed by atoms with van der Waals surface area (Å²) < 4.78 is 23.6. The summed E-state index contributed by atoms with van der Waals surface area (Å²) in [7, 11) is 1.93. The molecule has 3 aromatic heterocycles. The molecule has 216 valence electrons. The molecule has 1 atom stereocenters. The number of pyridine rings is 1. The number of hydrogen-bond acceptors (Lipinski definition) is 7. The van der Waals surface area contributed by atoms with Crippen molar-refractivity contribution in [1.82, 2.24) is 29.4 Å². The molecule has 10 heteroatoms. The molecule has 5 aromatic rings. The van der Waals surface area contributed by atoms with Gasteiger partial charge in [-0.25, -0.2) is 24.3 Å². The molecule has 9 nitrogen and oxygen atoms in total. The Hall–Kier alpha value is -4.60. The number of amides is 1. The van der Waals surface area contributed by atoms with Gasteiger partial charge in [0, 0.05) is 48.8 Å². The second-order valence-corrected chi connectivity index (χ2v) is 11.5. The smallest absolute Gasteiger partial charge is 0.222 e. The minimum Gasteiger partial charge on any atom is -0.457 e. The number of carbonyl (C=O) groups excluding carboxylic acids is 1. The maximum Gasteiger partial charge on any atom is 0.222 e. The van der Waals surface area contributed by atoms with Crippen LogP contribution in [0.1, 0.15) is 57.2 Å². The summed E-state index contributed by atoms with van der Waals surface area (Å²) in [4.78, 5) is 32.6. The molecule has 0 saturated carbocycles. The number of piperidine rings is 1. The van der Waals surface area contributed by atoms with E-state index in [1.807, 2.05) is 53.8 Å². The zero-order chi connectivity index (χ0) is 29.6. The van der Waals surface area contributed by atoms with Crippen molar-refractivity contribution < 1.29 is 13.9 Å². The fourth-order valence-electron chi connectivity index (χ4n) is 5.89. The number of aryl methyl sites for hydroxylation is 1. The summed E-state index contributed by atoms with van der Waals surface area (Å²) in [6.45, 7) is 8.49. The summed E-state index contributed by atoms with van der Waals surface area (Å²) in [5, 5.41) is 3.14. The molecular formula is C32H34FN7O2. The molecule has 0 aliphatic carbocycles. The second kappa shape index (κ2) is 10.7. The lowest BCUT2D eigenvalue weighted by Crippen LogP contribution is -2.52. The highest BCUT2D eigenvalue weighted by Crippen LogP contribution is 2.38. The summed E-state index contributed by atoms with van der Waals surface area (Å²) in [5.41, 5.74) is 4.30. The zero-order valence-electron chi connectivity index (χ0n) is 24.5. The average Bonchev–Trinajstić information content (AvgIpc) is 3.35. The van der Waals surface area contributed by atoms with Gasteiger partial charge in [-0.3, -0.25) is 4.79 Å². The number of benzene rings is 2. The Balaban J connectivity index is 1.25. The quantitative estimate of drug-likeness (QED) is 0.241. The van der Waals surface area contributed by atoms with Crippen molar-refractivity contribution >= 4 is 39.5 Å². The summed E-state index contributed by atoms with van der Waals surface area (Å²) in [5.74, 6) is 1.33. The van der Waals surface area contributed by atoms with Gasteiger partial charge in [-0.05, 0) is 70.0 Å². The van der Waals surface area contributed by atoms with Gasteiger partial charge in [0.2, 0.25) is 5.91 Å². The molecule has 6 rings (SSSR count). The molecular weight excluding hydrogens is 533 g/mol. The topological polar surface area (TPSA) is 98.1 Å². The highest BCUT2D eigenvalue weighted by molar-refractivity contribution is 5.87. The van der Waals surface area contributed by atoms with Gasteiger partial charge < -0.3 is 19.5 Å². The first-order chi connectivity index (χ1) is 20.1. The molecule has 1 saturated heterocycles. The van der Waals surface area contributed by atoms with Crippen LogP contribution in [0, 0.1) is 12.7 Å². The third kappa shape index (κ3) is 5.01. The Morgan fingerprint density at radius 1 is 1.12 bits per heavy atom. The number of nitrogens with one attached hydrogen (secondary N) is 1. The molecule has 0 spiro atoms. The lowest BCUT2D eigenvalue weighted by Gasteiger charge is -2.45. The fraction of sp³-hybridized carbons (Fsp3) is 0.344. The van der Waals surface area contributed by atoms with Crippen molar-refractivity contribution in [2.24, 2.45) is 7.05 Å². The van der Waals surface area contributed by atoms with Crippen molar-refractivity contribution in [2.75, 3.05) is 11.9 Å². The maximum absolute atomic E-state index is 15.6. The number of imidazole rings is 1. The molecule has 0 radical (unpaired) electrons. The van der Waals surface area contributed by atoms with Gasteiger partial charge in [0.1, 0.15) is 23.3 Å². The number of hydrogen-bond donors (Lipinski definition) is 1. The van der Waals surface area contributed by atoms with E-state index < -0.39 is 5.82 Å². The first-order valence-electron chi connectivity index (χ1n) is 14.2. The largest absolute Gasteiger partial charge is 0.457 e. The lowest BCUT2D eigenvalue weighted by molar-refractivity contribution is -0.138. The number of ether oxygens (including phenoxy) is 1. The molecule has 1 aliphatic rings. The predicted molar refractivity (Wildman–Crippen MR) is 161 cm³/mol. The van der Waals surface area contributed by atoms with Crippen LogP contribution in [-0.2, 0) is 11.8 Å². The standard InChI is InChI=1S/C32H34FN7O2/c1-6-28(41)40-14-13-20(16-32(40,3)4)22-8-9-24-30(37-22)31(35-17-34-24)38-23-10-12-27(19(2)29(23)33)42-21-7-11-26-25(15-21)36-18-39(26)5/h7-12,15,17-18,20H,6,13-14,16H2,1-5H3,(H,34,35,38). The average molecular weight is 568 g/mol. The van der Waals surface area contributed by atoms with E-state index in [4.69, 9.17) is 9.72 Å². The Kier molecular flexibility index (Phi) is 7.00. The molecule has 1 unspecified atom stereocenters. The first-order valence-corrected chi connectivity index (χ1v) is 14.2. The number of nitrogens with zero attached hydrogens (tertiary/aromatic N) is 6. The van der Waals surface area contributed by atoms with Crippen LogP contribution >= 0.6 is 0 Å². The van der Waals surface area contributed by atoms with Crippen LogP contribution < -0.4 is 10.1 Å². The van der Waals surface area contributed by atoms with Gasteiger partial charge in [0.25, 0.3) is 0 Å². The summed E-state index contributed by atoms with van der Waals surface area (Å²) >= 11 is 0. The van der Waals surface area contributed by atoms with Crippen LogP contribution in [0.5, 0.6) is 11.5 Å². The Morgan fingerprint density at radius 2 is 1.95 bits per heavy atom. The summed E-state index contributed by atoms with van der Waals surface area (Å²) in [6, 6.07) is 12.9. The molecule has 42 heavy (non-hydrogen) atoms. The zero-order valence-corrected chi connectivity index (χ0v) is 24.5. The highest BCUT2D eigenvalue weighted by atomic mass is 19.1. The first kappa shape index (κ1) is 27.6. The maximum atomic E-state index is 15.6. The van der Waals surface area contributed by atoms with Gasteiger partial charge in [0.05, 0.1) is 28.6 Å². The normalized spacial score (nSPS) is 16.6. The van der Waals surface area contributed by atoms with Crippen molar-refractivity contribution in [3.63, 3.8) is 0 Å². The van der Waals surface area contributed by atoms with E-state index in [0.717, 1.165) is 29.6 Å². The molecule has 2 aromatic carbocycles. The molecule has 0 bridgehead atoms. The summed E-state index contributed by atoms with van der Waals surface area (Å²) in [6.07, 6.45) is 5.31. The number of carbonyl (C=O) groups is 1. The van der Waals surface area contributed by atoms with Crippen molar-refractivity contribution in [2.45, 2.75) is 58.4 Å². The molecule has 4 heterocycles. The van der Waals surface area contributed by atoms with E-state index in [-0.39, 0.29) is 23.1 Å². The lowest BCUT2D eigenvalue weighted by atomic mass is 9.80. The molecule has 1 fully saturated rings. The molecule has 1 aliphatic heterocycles. The number of anilines is 2. The van der Waals surface area contributed by atoms with Gasteiger partial charge in [-0.15, -0.1) is 0 Å². The third-order valence-corrected chi connectivity index (χ3v) is 8.22. The third-order valence-electron chi connectivity index (χ3n) is 8.22. The van der Waals surface area contributed by atoms with E-state index in [1.165, 1.54) is 6.33 Å². The van der Waals surface area contributed by atoms with Crippen LogP contribution in [-0.4, -0.2) is 47.4 Å². The SMILES string of the molecule is CCC(=O)N1CCC(c2ccc3ncnc(Nc4ccc(Oc5ccc6c(c5)ncn6C)c(C)c4F)c3n2)CC1(C)C. The van der Waals surface area contributed by atoms with E-state index in [0.29, 0.717) is 46.9 Å². The second-order valence-electron chi connectivity index (χ2n) is 11.5. The minimum absolute atomic E-state index is 0.174. The Labute approximate surface area is 243 Å². The number of likely N-dealkylation sites (tertiary alicyclic amines) is 1. The van der Waals surface area contributed by atoms with Crippen LogP contribution in [0.3, 0.4) is 0 Å². The molecule has 1 amide bonds. The Morgan fingerprint density at radius 3 is 2.74 bits per heavy atom. The van der Waals surface area contributed by atoms with Crippen molar-refractivity contribution in [3.8, 4) is 11.5 Å². The number of aromatic nitrogens is 5. The van der Waals surface area contributed by atoms with Gasteiger partial charge in [0.15, 0.2) is 11.6 Å². The molecule has 1 N–H and O–H groups in total. The minimum atomic E-state index is -0.441. The van der Waals surface area contributed by atoms with Gasteiger partial charge in [-0.1, -0.05) is 6.92 Å². The number of halogens is 1. The van der Waals surface area contributed by atoms with Crippen LogP contribution in [0.15, 0.2) is 55.1 Å². The van der Waals surface area contributed by atoms with Gasteiger partial charge >= 0.3 is 0 Å².